The zero-order chi connectivity index (χ0) is 14.1. The smallest absolute Gasteiger partial charge is 0.399 e. The van der Waals surface area contributed by atoms with Crippen LogP contribution in [-0.2, 0) is 6.18 Å². The number of alkyl halides is 6. The molecule has 4 nitrogen and oxygen atoms in total. The van der Waals surface area contributed by atoms with Crippen LogP contribution in [0.25, 0.3) is 0 Å². The SMILES string of the molecule is O=Cc1[nH]c(C(F)(F)F)cc(=O)c1OC(F)(F)F. The van der Waals surface area contributed by atoms with Gasteiger partial charge in [-0.3, -0.25) is 9.59 Å². The lowest BCUT2D eigenvalue weighted by molar-refractivity contribution is -0.275. The lowest BCUT2D eigenvalue weighted by Crippen LogP contribution is -2.25. The number of hydrogen-bond acceptors (Lipinski definition) is 3. The van der Waals surface area contributed by atoms with Gasteiger partial charge in [-0.25, -0.2) is 0 Å². The van der Waals surface area contributed by atoms with E-state index in [0.29, 0.717) is 0 Å². The van der Waals surface area contributed by atoms with Crippen molar-refractivity contribution < 1.29 is 35.9 Å². The van der Waals surface area contributed by atoms with Crippen molar-refractivity contribution in [2.45, 2.75) is 12.5 Å². The van der Waals surface area contributed by atoms with Crippen molar-refractivity contribution in [3.05, 3.63) is 27.7 Å². The molecule has 0 radical (unpaired) electrons. The lowest BCUT2D eigenvalue weighted by atomic mass is 10.2. The number of aldehydes is 1. The number of aromatic amines is 1. The quantitative estimate of drug-likeness (QED) is 0.664. The fraction of sp³-hybridized carbons (Fsp3) is 0.250. The topological polar surface area (TPSA) is 59.2 Å². The van der Waals surface area contributed by atoms with Gasteiger partial charge in [0.25, 0.3) is 0 Å². The Labute approximate surface area is 94.2 Å². The van der Waals surface area contributed by atoms with Gasteiger partial charge in [-0.15, -0.1) is 13.2 Å². The summed E-state index contributed by atoms with van der Waals surface area (Å²) in [5.41, 5.74) is -4.60. The number of carbonyl (C=O) groups is 1. The number of ether oxygens (including phenoxy) is 1. The van der Waals surface area contributed by atoms with Gasteiger partial charge in [0, 0.05) is 6.07 Å². The molecule has 0 amide bonds. The maximum absolute atomic E-state index is 12.2. The van der Waals surface area contributed by atoms with Crippen molar-refractivity contribution in [1.29, 1.82) is 0 Å². The number of rotatable bonds is 2. The van der Waals surface area contributed by atoms with Crippen LogP contribution in [0.1, 0.15) is 16.2 Å². The molecule has 1 rings (SSSR count). The summed E-state index contributed by atoms with van der Waals surface area (Å²) >= 11 is 0. The molecular weight excluding hydrogens is 272 g/mol. The van der Waals surface area contributed by atoms with E-state index >= 15 is 0 Å². The summed E-state index contributed by atoms with van der Waals surface area (Å²) in [6.07, 6.45) is -10.7. The van der Waals surface area contributed by atoms with E-state index in [2.05, 4.69) is 4.74 Å². The monoisotopic (exact) mass is 275 g/mol. The molecule has 0 aliphatic heterocycles. The number of halogens is 6. The highest BCUT2D eigenvalue weighted by atomic mass is 19.4. The van der Waals surface area contributed by atoms with E-state index in [1.54, 1.807) is 0 Å². The van der Waals surface area contributed by atoms with Crippen LogP contribution in [0.5, 0.6) is 5.75 Å². The first-order valence-electron chi connectivity index (χ1n) is 4.10. The third-order valence-electron chi connectivity index (χ3n) is 1.65. The Bertz CT molecular complexity index is 515. The van der Waals surface area contributed by atoms with E-state index in [4.69, 9.17) is 0 Å². The average molecular weight is 275 g/mol. The Morgan fingerprint density at radius 2 is 1.72 bits per heavy atom. The second kappa shape index (κ2) is 4.35. The summed E-state index contributed by atoms with van der Waals surface area (Å²) in [5.74, 6) is -1.54. The van der Waals surface area contributed by atoms with Crippen molar-refractivity contribution in [3.8, 4) is 5.75 Å². The number of H-pyrrole nitrogens is 1. The van der Waals surface area contributed by atoms with Gasteiger partial charge in [0.05, 0.1) is 0 Å². The van der Waals surface area contributed by atoms with Gasteiger partial charge < -0.3 is 9.72 Å². The minimum Gasteiger partial charge on any atom is -0.399 e. The first kappa shape index (κ1) is 14.1. The van der Waals surface area contributed by atoms with Gasteiger partial charge >= 0.3 is 12.5 Å². The molecule has 1 heterocycles. The Morgan fingerprint density at radius 3 is 2.11 bits per heavy atom. The Hall–Kier alpha value is -2.00. The van der Waals surface area contributed by atoms with Gasteiger partial charge in [0.15, 0.2) is 6.29 Å². The minimum absolute atomic E-state index is 0.131. The third-order valence-corrected chi connectivity index (χ3v) is 1.65. The van der Waals surface area contributed by atoms with Crippen molar-refractivity contribution >= 4 is 6.29 Å². The number of carbonyl (C=O) groups excluding carboxylic acids is 1. The van der Waals surface area contributed by atoms with Crippen LogP contribution in [0, 0.1) is 0 Å². The molecule has 0 atom stereocenters. The Balaban J connectivity index is 3.39. The largest absolute Gasteiger partial charge is 0.573 e. The molecule has 0 saturated carbocycles. The van der Waals surface area contributed by atoms with Crippen LogP contribution < -0.4 is 10.2 Å². The number of nitrogens with one attached hydrogen (secondary N) is 1. The first-order chi connectivity index (χ1) is 8.04. The molecule has 1 N–H and O–H groups in total. The van der Waals surface area contributed by atoms with Crippen LogP contribution >= 0.6 is 0 Å². The lowest BCUT2D eigenvalue weighted by Gasteiger charge is -2.12. The number of pyridine rings is 1. The van der Waals surface area contributed by atoms with E-state index in [1.807, 2.05) is 0 Å². The number of aromatic nitrogens is 1. The summed E-state index contributed by atoms with van der Waals surface area (Å²) in [5, 5.41) is 0. The van der Waals surface area contributed by atoms with E-state index in [0.717, 1.165) is 0 Å². The molecule has 0 saturated heterocycles. The molecule has 0 aliphatic carbocycles. The molecule has 0 aromatic carbocycles. The van der Waals surface area contributed by atoms with E-state index < -0.39 is 35.1 Å². The molecule has 10 heteroatoms. The minimum atomic E-state index is -5.30. The molecule has 18 heavy (non-hydrogen) atoms. The fourth-order valence-electron chi connectivity index (χ4n) is 1.02. The zero-order valence-corrected chi connectivity index (χ0v) is 8.15. The molecule has 1 aromatic heterocycles. The van der Waals surface area contributed by atoms with Crippen LogP contribution in [0.15, 0.2) is 10.9 Å². The van der Waals surface area contributed by atoms with Crippen LogP contribution in [0.4, 0.5) is 26.3 Å². The van der Waals surface area contributed by atoms with Gasteiger partial charge in [0.1, 0.15) is 11.4 Å². The molecule has 0 unspecified atom stereocenters. The summed E-state index contributed by atoms with van der Waals surface area (Å²) in [4.78, 5) is 22.7. The maximum Gasteiger partial charge on any atom is 0.573 e. The summed E-state index contributed by atoms with van der Waals surface area (Å²) in [6.45, 7) is 0. The molecule has 0 fully saturated rings. The highest BCUT2D eigenvalue weighted by Gasteiger charge is 2.37. The second-order valence-electron chi connectivity index (χ2n) is 2.95. The van der Waals surface area contributed by atoms with Gasteiger partial charge in [-0.1, -0.05) is 0 Å². The first-order valence-corrected chi connectivity index (χ1v) is 4.10. The Morgan fingerprint density at radius 1 is 1.17 bits per heavy atom. The summed E-state index contributed by atoms with van der Waals surface area (Å²) < 4.78 is 75.4. The van der Waals surface area contributed by atoms with Crippen molar-refractivity contribution in [1.82, 2.24) is 4.98 Å². The van der Waals surface area contributed by atoms with E-state index in [-0.39, 0.29) is 12.4 Å². The highest BCUT2D eigenvalue weighted by molar-refractivity contribution is 5.76. The van der Waals surface area contributed by atoms with E-state index in [9.17, 15) is 35.9 Å². The summed E-state index contributed by atoms with van der Waals surface area (Å²) in [7, 11) is 0. The van der Waals surface area contributed by atoms with Gasteiger partial charge in [-0.05, 0) is 0 Å². The van der Waals surface area contributed by atoms with Crippen molar-refractivity contribution in [2.75, 3.05) is 0 Å². The van der Waals surface area contributed by atoms with Gasteiger partial charge in [-0.2, -0.15) is 13.2 Å². The molecule has 0 spiro atoms. The maximum atomic E-state index is 12.2. The normalized spacial score (nSPS) is 12.3. The molecular formula is C8H3F6NO3. The standard InChI is InChI=1S/C8H3F6NO3/c9-7(10,11)5-1-4(17)6(3(2-16)15-5)18-8(12,13)14/h1-2H,(H,15,17). The van der Waals surface area contributed by atoms with Crippen molar-refractivity contribution in [3.63, 3.8) is 0 Å². The average Bonchev–Trinajstić information content (AvgIpc) is 2.17. The van der Waals surface area contributed by atoms with E-state index in [1.165, 1.54) is 4.98 Å². The fourth-order valence-corrected chi connectivity index (χ4v) is 1.02. The molecule has 1 aromatic rings. The van der Waals surface area contributed by atoms with Crippen LogP contribution in [-0.4, -0.2) is 17.6 Å². The van der Waals surface area contributed by atoms with Crippen LogP contribution in [0.3, 0.4) is 0 Å². The molecule has 0 aliphatic rings. The van der Waals surface area contributed by atoms with Gasteiger partial charge in [0.2, 0.25) is 11.2 Å². The predicted octanol–water partition coefficient (Wildman–Crippen LogP) is 2.10. The molecule has 100 valence electrons. The Kier molecular flexibility index (Phi) is 3.40. The second-order valence-corrected chi connectivity index (χ2v) is 2.95. The number of hydrogen-bond donors (Lipinski definition) is 1. The third kappa shape index (κ3) is 3.25. The molecule has 0 bridgehead atoms. The highest BCUT2D eigenvalue weighted by Crippen LogP contribution is 2.29. The van der Waals surface area contributed by atoms with Crippen molar-refractivity contribution in [2.24, 2.45) is 0 Å². The van der Waals surface area contributed by atoms with Crippen LogP contribution in [0.2, 0.25) is 0 Å². The zero-order valence-electron chi connectivity index (χ0n) is 8.15. The summed E-state index contributed by atoms with van der Waals surface area (Å²) in [6, 6.07) is -0.131. The predicted molar refractivity (Wildman–Crippen MR) is 44.1 cm³/mol.